The van der Waals surface area contributed by atoms with Crippen LogP contribution in [0.2, 0.25) is 0 Å². The fourth-order valence-electron chi connectivity index (χ4n) is 0.236. The average Bonchev–Trinajstić information content (AvgIpc) is 1.87. The van der Waals surface area contributed by atoms with Gasteiger partial charge in [0.1, 0.15) is 0 Å². The summed E-state index contributed by atoms with van der Waals surface area (Å²) in [5.41, 5.74) is 9.62. The maximum atomic E-state index is 9.41. The van der Waals surface area contributed by atoms with E-state index >= 15 is 0 Å². The van der Waals surface area contributed by atoms with Crippen molar-refractivity contribution < 1.29 is 78.9 Å². The van der Waals surface area contributed by atoms with Crippen molar-refractivity contribution in [3.05, 3.63) is 0 Å². The summed E-state index contributed by atoms with van der Waals surface area (Å²) in [7, 11) is 0. The van der Waals surface area contributed by atoms with E-state index in [0.29, 0.717) is 0 Å². The van der Waals surface area contributed by atoms with Gasteiger partial charge in [-0.3, -0.25) is 0 Å². The fraction of sp³-hybridized carbons (Fsp3) is 0.667. The second kappa shape index (κ2) is 19.4. The third-order valence-corrected chi connectivity index (χ3v) is 0.697. The molecule has 0 aromatic rings. The number of carbonyl (C=O) groups is 2. The minimum Gasteiger partial charge on any atom is -0.550 e. The molecule has 0 saturated carbocycles. The van der Waals surface area contributed by atoms with Gasteiger partial charge in [0.2, 0.25) is 0 Å². The van der Waals surface area contributed by atoms with Crippen molar-refractivity contribution >= 4 is 11.9 Å². The second-order valence-corrected chi connectivity index (χ2v) is 1.82. The Bertz CT molecular complexity index is 130. The zero-order chi connectivity index (χ0) is 9.98. The number of rotatable bonds is 4. The molecule has 0 heterocycles. The molecular weight excluding hydrogens is 210 g/mol. The molecule has 0 aliphatic heterocycles. The van der Waals surface area contributed by atoms with Crippen LogP contribution in [0.4, 0.5) is 0 Å². The molecule has 0 atom stereocenters. The van der Waals surface area contributed by atoms with Crippen LogP contribution in [0.15, 0.2) is 0 Å². The van der Waals surface area contributed by atoms with E-state index in [0.717, 1.165) is 0 Å². The summed E-state index contributed by atoms with van der Waals surface area (Å²) in [4.78, 5) is 18.8. The molecular formula is C6H12N2Na2O4. The van der Waals surface area contributed by atoms with Crippen molar-refractivity contribution in [2.45, 2.75) is 12.8 Å². The van der Waals surface area contributed by atoms with Gasteiger partial charge >= 0.3 is 59.1 Å². The first-order valence-corrected chi connectivity index (χ1v) is 3.34. The van der Waals surface area contributed by atoms with E-state index in [1.54, 1.807) is 0 Å². The zero-order valence-electron chi connectivity index (χ0n) is 8.62. The molecule has 0 fully saturated rings. The number of hydrogen-bond acceptors (Lipinski definition) is 6. The van der Waals surface area contributed by atoms with Crippen molar-refractivity contribution in [1.29, 1.82) is 0 Å². The number of carboxylic acids is 2. The quantitative estimate of drug-likeness (QED) is 0.454. The molecule has 0 amide bonds. The van der Waals surface area contributed by atoms with Crippen molar-refractivity contribution in [3.63, 3.8) is 0 Å². The molecule has 14 heavy (non-hydrogen) atoms. The van der Waals surface area contributed by atoms with E-state index in [2.05, 4.69) is 0 Å². The molecule has 4 N–H and O–H groups in total. The summed E-state index contributed by atoms with van der Waals surface area (Å²) in [6, 6.07) is 0. The predicted molar refractivity (Wildman–Crippen MR) is 37.4 cm³/mol. The first kappa shape index (κ1) is 24.2. The summed E-state index contributed by atoms with van der Waals surface area (Å²) in [5, 5.41) is 18.8. The van der Waals surface area contributed by atoms with Crippen LogP contribution in [-0.2, 0) is 9.59 Å². The topological polar surface area (TPSA) is 132 Å². The van der Waals surface area contributed by atoms with E-state index in [4.69, 9.17) is 11.5 Å². The van der Waals surface area contributed by atoms with E-state index in [-0.39, 0.29) is 85.0 Å². The van der Waals surface area contributed by atoms with Gasteiger partial charge in [0, 0.05) is 11.9 Å². The van der Waals surface area contributed by atoms with Crippen LogP contribution in [0, 0.1) is 0 Å². The Labute approximate surface area is 127 Å². The van der Waals surface area contributed by atoms with Gasteiger partial charge in [-0.1, -0.05) is 0 Å². The Morgan fingerprint density at radius 2 is 1.07 bits per heavy atom. The van der Waals surface area contributed by atoms with E-state index in [9.17, 15) is 19.8 Å². The van der Waals surface area contributed by atoms with Crippen LogP contribution in [-0.4, -0.2) is 25.0 Å². The zero-order valence-corrected chi connectivity index (χ0v) is 12.6. The van der Waals surface area contributed by atoms with Gasteiger partial charge in [0.05, 0.1) is 0 Å². The van der Waals surface area contributed by atoms with Crippen LogP contribution in [0.3, 0.4) is 0 Å². The number of aliphatic carboxylic acids is 2. The van der Waals surface area contributed by atoms with Crippen molar-refractivity contribution in [1.82, 2.24) is 0 Å². The average molecular weight is 222 g/mol. The van der Waals surface area contributed by atoms with Gasteiger partial charge in [-0.15, -0.1) is 0 Å². The Kier molecular flexibility index (Phi) is 33.6. The molecule has 0 aliphatic rings. The minimum absolute atomic E-state index is 0. The van der Waals surface area contributed by atoms with Gasteiger partial charge in [-0.2, -0.15) is 0 Å². The smallest absolute Gasteiger partial charge is 0.550 e. The molecule has 0 rings (SSSR count). The summed E-state index contributed by atoms with van der Waals surface area (Å²) >= 11 is 0. The third-order valence-electron chi connectivity index (χ3n) is 0.697. The molecule has 0 aromatic heterocycles. The largest absolute Gasteiger partial charge is 1.00 e. The van der Waals surface area contributed by atoms with Crippen LogP contribution in [0.5, 0.6) is 0 Å². The van der Waals surface area contributed by atoms with Crippen LogP contribution >= 0.6 is 0 Å². The molecule has 0 aliphatic carbocycles. The molecule has 72 valence electrons. The number of carboxylic acid groups (broad SMARTS) is 2. The second-order valence-electron chi connectivity index (χ2n) is 1.82. The Morgan fingerprint density at radius 3 is 1.07 bits per heavy atom. The molecule has 0 bridgehead atoms. The maximum absolute atomic E-state index is 9.41. The Balaban J connectivity index is -0.0000000625. The molecule has 0 aromatic carbocycles. The molecule has 0 spiro atoms. The number of nitrogens with two attached hydrogens (primary N) is 2. The molecule has 0 unspecified atom stereocenters. The number of carbonyl (C=O) groups excluding carboxylic acids is 2. The molecule has 0 saturated heterocycles. The van der Waals surface area contributed by atoms with E-state index in [1.165, 1.54) is 0 Å². The Morgan fingerprint density at radius 1 is 0.857 bits per heavy atom. The first-order valence-electron chi connectivity index (χ1n) is 3.34. The maximum Gasteiger partial charge on any atom is 1.00 e. The van der Waals surface area contributed by atoms with Crippen molar-refractivity contribution in [2.75, 3.05) is 13.1 Å². The van der Waals surface area contributed by atoms with Gasteiger partial charge in [-0.25, -0.2) is 0 Å². The van der Waals surface area contributed by atoms with Crippen molar-refractivity contribution in [3.8, 4) is 0 Å². The van der Waals surface area contributed by atoms with Crippen molar-refractivity contribution in [2.24, 2.45) is 11.5 Å². The SMILES string of the molecule is NCCC(=O)[O-].NCCC(=O)[O-].[Na+].[Na+]. The summed E-state index contributed by atoms with van der Waals surface area (Å²) in [5.74, 6) is -2.17. The van der Waals surface area contributed by atoms with Crippen LogP contribution in [0.1, 0.15) is 12.8 Å². The monoisotopic (exact) mass is 222 g/mol. The minimum atomic E-state index is -1.09. The molecule has 6 nitrogen and oxygen atoms in total. The summed E-state index contributed by atoms with van der Waals surface area (Å²) < 4.78 is 0. The Hall–Kier alpha value is 0.860. The summed E-state index contributed by atoms with van der Waals surface area (Å²) in [6.07, 6.45) is -0.0833. The third kappa shape index (κ3) is 38.4. The van der Waals surface area contributed by atoms with Gasteiger partial charge in [0.25, 0.3) is 0 Å². The fourth-order valence-corrected chi connectivity index (χ4v) is 0.236. The van der Waals surface area contributed by atoms with E-state index in [1.807, 2.05) is 0 Å². The van der Waals surface area contributed by atoms with Gasteiger partial charge in [-0.05, 0) is 25.9 Å². The normalized spacial score (nSPS) is 7.00. The number of hydrogen-bond donors (Lipinski definition) is 2. The molecule has 8 heteroatoms. The predicted octanol–water partition coefficient (Wildman–Crippen LogP) is -9.82. The molecule has 0 radical (unpaired) electrons. The van der Waals surface area contributed by atoms with Gasteiger partial charge in [0.15, 0.2) is 0 Å². The van der Waals surface area contributed by atoms with Crippen LogP contribution in [0.25, 0.3) is 0 Å². The first-order chi connectivity index (χ1) is 5.54. The summed E-state index contributed by atoms with van der Waals surface area (Å²) in [6.45, 7) is 0.338. The van der Waals surface area contributed by atoms with Gasteiger partial charge < -0.3 is 31.3 Å². The van der Waals surface area contributed by atoms with E-state index < -0.39 is 11.9 Å². The standard InChI is InChI=1S/2C3H7NO2.2Na/c2*4-2-1-3(5)6;;/h2*1-2,4H2,(H,5,6);;/q;;2*+1/p-2. The van der Waals surface area contributed by atoms with Crippen LogP contribution < -0.4 is 80.8 Å².